The molecule has 1 aromatic rings. The van der Waals surface area contributed by atoms with Crippen LogP contribution >= 0.6 is 15.9 Å². The molecular weight excluding hydrogens is 299 g/mol. The van der Waals surface area contributed by atoms with E-state index in [4.69, 9.17) is 0 Å². The molecule has 1 saturated heterocycles. The molecule has 0 saturated carbocycles. The molecule has 0 aromatic heterocycles. The minimum absolute atomic E-state index is 0.136. The molecule has 2 nitrogen and oxygen atoms in total. The minimum Gasteiger partial charge on any atom is -0.391 e. The van der Waals surface area contributed by atoms with Crippen LogP contribution in [0.3, 0.4) is 0 Å². The maximum atomic E-state index is 12.9. The fraction of sp³-hybridized carbons (Fsp3) is 0.455. The second-order valence-corrected chi connectivity index (χ2v) is 4.96. The summed E-state index contributed by atoms with van der Waals surface area (Å²) < 4.78 is 39.0. The Morgan fingerprint density at radius 1 is 1.35 bits per heavy atom. The van der Waals surface area contributed by atoms with Gasteiger partial charge in [-0.05, 0) is 24.6 Å². The van der Waals surface area contributed by atoms with Gasteiger partial charge in [-0.3, -0.25) is 0 Å². The number of aliphatic hydroxyl groups is 1. The zero-order valence-corrected chi connectivity index (χ0v) is 10.4. The molecule has 2 rings (SSSR count). The summed E-state index contributed by atoms with van der Waals surface area (Å²) in [5.41, 5.74) is -0.529. The summed E-state index contributed by atoms with van der Waals surface area (Å²) in [5.74, 6) is 0. The van der Waals surface area contributed by atoms with Crippen LogP contribution < -0.4 is 4.90 Å². The number of rotatable bonds is 1. The average molecular weight is 310 g/mol. The molecule has 1 atom stereocenters. The van der Waals surface area contributed by atoms with Crippen molar-refractivity contribution in [3.63, 3.8) is 0 Å². The Balaban J connectivity index is 2.39. The first-order chi connectivity index (χ1) is 7.88. The van der Waals surface area contributed by atoms with E-state index in [1.807, 2.05) is 0 Å². The van der Waals surface area contributed by atoms with Gasteiger partial charge in [-0.25, -0.2) is 0 Å². The highest BCUT2D eigenvalue weighted by Crippen LogP contribution is 2.39. The third kappa shape index (κ3) is 2.74. The number of anilines is 1. The van der Waals surface area contributed by atoms with E-state index in [0.29, 0.717) is 17.4 Å². The van der Waals surface area contributed by atoms with Gasteiger partial charge in [-0.1, -0.05) is 15.9 Å². The highest BCUT2D eigenvalue weighted by atomic mass is 79.9. The van der Waals surface area contributed by atoms with Gasteiger partial charge in [0.05, 0.1) is 11.7 Å². The monoisotopic (exact) mass is 309 g/mol. The Morgan fingerprint density at radius 2 is 2.06 bits per heavy atom. The van der Waals surface area contributed by atoms with E-state index in [0.717, 1.165) is 6.07 Å². The highest BCUT2D eigenvalue weighted by molar-refractivity contribution is 9.10. The van der Waals surface area contributed by atoms with Crippen LogP contribution in [0.15, 0.2) is 22.7 Å². The van der Waals surface area contributed by atoms with Crippen LogP contribution in [-0.4, -0.2) is 24.3 Å². The molecule has 17 heavy (non-hydrogen) atoms. The number of β-amino-alcohol motifs (C(OH)–C–C–N with tert-alkyl or cyclic N) is 1. The summed E-state index contributed by atoms with van der Waals surface area (Å²) in [5, 5.41) is 9.38. The zero-order valence-electron chi connectivity index (χ0n) is 8.84. The molecule has 0 amide bonds. The SMILES string of the molecule is O[C@@H]1CCN(c2ccc(Br)cc2C(F)(F)F)C1. The topological polar surface area (TPSA) is 23.5 Å². The smallest absolute Gasteiger partial charge is 0.391 e. The minimum atomic E-state index is -4.38. The number of halogens is 4. The predicted octanol–water partition coefficient (Wildman–Crippen LogP) is 3.04. The van der Waals surface area contributed by atoms with Gasteiger partial charge >= 0.3 is 6.18 Å². The quantitative estimate of drug-likeness (QED) is 0.862. The van der Waals surface area contributed by atoms with Crippen LogP contribution in [0.1, 0.15) is 12.0 Å². The molecule has 0 bridgehead atoms. The number of alkyl halides is 3. The summed E-state index contributed by atoms with van der Waals surface area (Å²) in [6, 6.07) is 4.08. The normalized spacial score (nSPS) is 21.0. The van der Waals surface area contributed by atoms with Crippen molar-refractivity contribution in [2.45, 2.75) is 18.7 Å². The van der Waals surface area contributed by atoms with Crippen molar-refractivity contribution in [3.05, 3.63) is 28.2 Å². The molecule has 1 aromatic carbocycles. The van der Waals surface area contributed by atoms with Crippen LogP contribution in [-0.2, 0) is 6.18 Å². The summed E-state index contributed by atoms with van der Waals surface area (Å²) in [6.45, 7) is 0.705. The summed E-state index contributed by atoms with van der Waals surface area (Å²) >= 11 is 3.04. The first-order valence-corrected chi connectivity index (χ1v) is 5.97. The molecule has 1 N–H and O–H groups in total. The zero-order chi connectivity index (χ0) is 12.6. The van der Waals surface area contributed by atoms with Crippen LogP contribution in [0.4, 0.5) is 18.9 Å². The fourth-order valence-electron chi connectivity index (χ4n) is 1.97. The maximum Gasteiger partial charge on any atom is 0.418 e. The first-order valence-electron chi connectivity index (χ1n) is 5.17. The van der Waals surface area contributed by atoms with Crippen molar-refractivity contribution in [2.75, 3.05) is 18.0 Å². The maximum absolute atomic E-state index is 12.9. The Morgan fingerprint density at radius 3 is 2.59 bits per heavy atom. The lowest BCUT2D eigenvalue weighted by Gasteiger charge is -2.22. The molecule has 94 valence electrons. The standard InChI is InChI=1S/C11H11BrF3NO/c12-7-1-2-10(9(5-7)11(13,14)15)16-4-3-8(17)6-16/h1-2,5,8,17H,3-4,6H2/t8-/m1/s1. The van der Waals surface area contributed by atoms with Crippen LogP contribution in [0.25, 0.3) is 0 Å². The molecule has 1 heterocycles. The van der Waals surface area contributed by atoms with Crippen molar-refractivity contribution in [2.24, 2.45) is 0 Å². The Hall–Kier alpha value is -0.750. The molecule has 0 radical (unpaired) electrons. The van der Waals surface area contributed by atoms with Crippen molar-refractivity contribution in [3.8, 4) is 0 Å². The van der Waals surface area contributed by atoms with E-state index in [2.05, 4.69) is 15.9 Å². The number of nitrogens with zero attached hydrogens (tertiary/aromatic N) is 1. The van der Waals surface area contributed by atoms with Crippen LogP contribution in [0.5, 0.6) is 0 Å². The van der Waals surface area contributed by atoms with E-state index in [1.165, 1.54) is 6.07 Å². The second-order valence-electron chi connectivity index (χ2n) is 4.05. The highest BCUT2D eigenvalue weighted by Gasteiger charge is 2.36. The molecule has 1 aliphatic rings. The second kappa shape index (κ2) is 4.49. The average Bonchev–Trinajstić information content (AvgIpc) is 2.63. The number of aliphatic hydroxyl groups excluding tert-OH is 1. The van der Waals surface area contributed by atoms with Gasteiger partial charge in [0, 0.05) is 23.2 Å². The summed E-state index contributed by atoms with van der Waals surface area (Å²) in [6.07, 6.45) is -4.42. The molecule has 0 spiro atoms. The van der Waals surface area contributed by atoms with Crippen molar-refractivity contribution >= 4 is 21.6 Å². The van der Waals surface area contributed by atoms with Gasteiger partial charge in [0.15, 0.2) is 0 Å². The van der Waals surface area contributed by atoms with Crippen molar-refractivity contribution in [1.82, 2.24) is 0 Å². The lowest BCUT2D eigenvalue weighted by molar-refractivity contribution is -0.137. The predicted molar refractivity (Wildman–Crippen MR) is 62.0 cm³/mol. The van der Waals surface area contributed by atoms with Crippen LogP contribution in [0, 0.1) is 0 Å². The molecular formula is C11H11BrF3NO. The molecule has 0 unspecified atom stereocenters. The van der Waals surface area contributed by atoms with Gasteiger partial charge < -0.3 is 10.0 Å². The number of hydrogen-bond donors (Lipinski definition) is 1. The lowest BCUT2D eigenvalue weighted by Crippen LogP contribution is -2.24. The first kappa shape index (κ1) is 12.7. The third-order valence-electron chi connectivity index (χ3n) is 2.77. The van der Waals surface area contributed by atoms with Gasteiger partial charge in [-0.15, -0.1) is 0 Å². The number of hydrogen-bond acceptors (Lipinski definition) is 2. The van der Waals surface area contributed by atoms with Crippen molar-refractivity contribution in [1.29, 1.82) is 0 Å². The van der Waals surface area contributed by atoms with Crippen LogP contribution in [0.2, 0.25) is 0 Å². The summed E-state index contributed by atoms with van der Waals surface area (Å²) in [7, 11) is 0. The third-order valence-corrected chi connectivity index (χ3v) is 3.26. The Kier molecular flexibility index (Phi) is 3.36. The van der Waals surface area contributed by atoms with E-state index < -0.39 is 17.8 Å². The van der Waals surface area contributed by atoms with Gasteiger partial charge in [0.2, 0.25) is 0 Å². The largest absolute Gasteiger partial charge is 0.418 e. The van der Waals surface area contributed by atoms with Gasteiger partial charge in [0.25, 0.3) is 0 Å². The molecule has 1 fully saturated rings. The van der Waals surface area contributed by atoms with E-state index in [1.54, 1.807) is 11.0 Å². The van der Waals surface area contributed by atoms with E-state index in [-0.39, 0.29) is 12.2 Å². The van der Waals surface area contributed by atoms with Crippen molar-refractivity contribution < 1.29 is 18.3 Å². The molecule has 0 aliphatic carbocycles. The van der Waals surface area contributed by atoms with E-state index >= 15 is 0 Å². The van der Waals surface area contributed by atoms with Gasteiger partial charge in [-0.2, -0.15) is 13.2 Å². The number of benzene rings is 1. The lowest BCUT2D eigenvalue weighted by atomic mass is 10.1. The molecule has 1 aliphatic heterocycles. The fourth-order valence-corrected chi connectivity index (χ4v) is 2.33. The molecule has 6 heteroatoms. The Bertz CT molecular complexity index is 422. The van der Waals surface area contributed by atoms with E-state index in [9.17, 15) is 18.3 Å². The van der Waals surface area contributed by atoms with Gasteiger partial charge in [0.1, 0.15) is 0 Å². The summed E-state index contributed by atoms with van der Waals surface area (Å²) in [4.78, 5) is 1.57. The Labute approximate surface area is 105 Å².